The Morgan fingerprint density at radius 1 is 0.741 bits per heavy atom. The van der Waals surface area contributed by atoms with Crippen molar-refractivity contribution >= 4 is 17.8 Å². The zero-order valence-electron chi connectivity index (χ0n) is 15.3. The third kappa shape index (κ3) is 4.35. The lowest BCUT2D eigenvalue weighted by Crippen LogP contribution is -2.26. The van der Waals surface area contributed by atoms with Crippen molar-refractivity contribution in [3.05, 3.63) is 59.7 Å². The average molecular weight is 366 g/mol. The van der Waals surface area contributed by atoms with E-state index < -0.39 is 0 Å². The number of anilines is 3. The summed E-state index contributed by atoms with van der Waals surface area (Å²) in [4.78, 5) is 14.3. The highest BCUT2D eigenvalue weighted by molar-refractivity contribution is 5.45. The Balaban J connectivity index is 2.00. The maximum absolute atomic E-state index is 5.78. The summed E-state index contributed by atoms with van der Waals surface area (Å²) in [6, 6.07) is 15.5. The molecule has 3 aromatic rings. The van der Waals surface area contributed by atoms with Crippen LogP contribution in [0.5, 0.6) is 11.5 Å². The first-order chi connectivity index (χ1) is 13.1. The first-order valence-electron chi connectivity index (χ1n) is 8.36. The van der Waals surface area contributed by atoms with Gasteiger partial charge in [-0.2, -0.15) is 15.0 Å². The summed E-state index contributed by atoms with van der Waals surface area (Å²) in [6.07, 6.45) is 0. The molecular formula is C19H22N6O2. The van der Waals surface area contributed by atoms with E-state index in [9.17, 15) is 0 Å². The minimum atomic E-state index is 0.0718. The molecule has 0 saturated heterocycles. The van der Waals surface area contributed by atoms with E-state index in [-0.39, 0.29) is 11.9 Å². The molecule has 0 aliphatic carbocycles. The SMILES string of the molecule is COc1ccccc1CN(Cc1ccccc1OC)c1nc(N)nc(N)n1. The van der Waals surface area contributed by atoms with Gasteiger partial charge in [-0.3, -0.25) is 0 Å². The molecule has 2 aromatic carbocycles. The third-order valence-electron chi connectivity index (χ3n) is 4.05. The number of para-hydroxylation sites is 2. The van der Waals surface area contributed by atoms with Gasteiger partial charge < -0.3 is 25.8 Å². The van der Waals surface area contributed by atoms with Crippen LogP contribution in [0, 0.1) is 0 Å². The van der Waals surface area contributed by atoms with E-state index in [0.29, 0.717) is 19.0 Å². The zero-order valence-corrected chi connectivity index (χ0v) is 15.3. The molecule has 0 spiro atoms. The standard InChI is InChI=1S/C19H22N6O2/c1-26-15-9-5-3-7-13(15)11-25(19-23-17(20)22-18(21)24-19)12-14-8-4-6-10-16(14)27-2/h3-10H,11-12H2,1-2H3,(H4,20,21,22,23,24). The monoisotopic (exact) mass is 366 g/mol. The highest BCUT2D eigenvalue weighted by Crippen LogP contribution is 2.26. The van der Waals surface area contributed by atoms with Crippen molar-refractivity contribution in [3.8, 4) is 11.5 Å². The van der Waals surface area contributed by atoms with Gasteiger partial charge in [-0.15, -0.1) is 0 Å². The Hall–Kier alpha value is -3.55. The Morgan fingerprint density at radius 2 is 1.19 bits per heavy atom. The Kier molecular flexibility index (Phi) is 5.55. The summed E-state index contributed by atoms with van der Waals surface area (Å²) in [7, 11) is 3.28. The average Bonchev–Trinajstić information content (AvgIpc) is 2.67. The Labute approximate surface area is 157 Å². The number of rotatable bonds is 7. The fraction of sp³-hybridized carbons (Fsp3) is 0.211. The lowest BCUT2D eigenvalue weighted by atomic mass is 10.1. The second kappa shape index (κ2) is 8.22. The fourth-order valence-corrected chi connectivity index (χ4v) is 2.81. The third-order valence-corrected chi connectivity index (χ3v) is 4.05. The molecule has 0 bridgehead atoms. The maximum atomic E-state index is 5.78. The molecule has 140 valence electrons. The molecule has 0 amide bonds. The van der Waals surface area contributed by atoms with Gasteiger partial charge in [0, 0.05) is 24.2 Å². The number of nitrogen functional groups attached to an aromatic ring is 2. The lowest BCUT2D eigenvalue weighted by Gasteiger charge is -2.24. The normalized spacial score (nSPS) is 10.4. The summed E-state index contributed by atoms with van der Waals surface area (Å²) >= 11 is 0. The van der Waals surface area contributed by atoms with Gasteiger partial charge in [-0.05, 0) is 12.1 Å². The van der Waals surface area contributed by atoms with Crippen LogP contribution >= 0.6 is 0 Å². The number of ether oxygens (including phenoxy) is 2. The minimum absolute atomic E-state index is 0.0718. The van der Waals surface area contributed by atoms with Crippen LogP contribution in [0.2, 0.25) is 0 Å². The van der Waals surface area contributed by atoms with Crippen LogP contribution in [0.15, 0.2) is 48.5 Å². The molecule has 8 nitrogen and oxygen atoms in total. The first-order valence-corrected chi connectivity index (χ1v) is 8.36. The molecule has 0 fully saturated rings. The lowest BCUT2D eigenvalue weighted by molar-refractivity contribution is 0.406. The van der Waals surface area contributed by atoms with Gasteiger partial charge in [0.15, 0.2) is 0 Å². The topological polar surface area (TPSA) is 112 Å². The molecule has 0 atom stereocenters. The van der Waals surface area contributed by atoms with E-state index in [1.54, 1.807) is 14.2 Å². The molecule has 1 heterocycles. The van der Waals surface area contributed by atoms with Gasteiger partial charge in [0.05, 0.1) is 14.2 Å². The Bertz CT molecular complexity index is 848. The van der Waals surface area contributed by atoms with Crippen LogP contribution < -0.4 is 25.8 Å². The molecule has 27 heavy (non-hydrogen) atoms. The van der Waals surface area contributed by atoms with Gasteiger partial charge in [-0.1, -0.05) is 36.4 Å². The quantitative estimate of drug-likeness (QED) is 0.655. The maximum Gasteiger partial charge on any atom is 0.232 e. The van der Waals surface area contributed by atoms with Crippen LogP contribution in [0.3, 0.4) is 0 Å². The van der Waals surface area contributed by atoms with Crippen LogP contribution in [-0.4, -0.2) is 29.2 Å². The van der Waals surface area contributed by atoms with Crippen LogP contribution in [0.1, 0.15) is 11.1 Å². The molecule has 3 rings (SSSR count). The van der Waals surface area contributed by atoms with Crippen molar-refractivity contribution in [2.45, 2.75) is 13.1 Å². The largest absolute Gasteiger partial charge is 0.496 e. The molecule has 0 radical (unpaired) electrons. The number of nitrogens with zero attached hydrogens (tertiary/aromatic N) is 4. The van der Waals surface area contributed by atoms with Crippen molar-refractivity contribution in [2.75, 3.05) is 30.6 Å². The van der Waals surface area contributed by atoms with E-state index in [4.69, 9.17) is 20.9 Å². The van der Waals surface area contributed by atoms with Crippen LogP contribution in [0.4, 0.5) is 17.8 Å². The Morgan fingerprint density at radius 3 is 1.63 bits per heavy atom. The summed E-state index contributed by atoms with van der Waals surface area (Å²) in [5.74, 6) is 2.08. The smallest absolute Gasteiger partial charge is 0.232 e. The van der Waals surface area contributed by atoms with E-state index in [1.165, 1.54) is 0 Å². The van der Waals surface area contributed by atoms with Crippen LogP contribution in [0.25, 0.3) is 0 Å². The summed E-state index contributed by atoms with van der Waals surface area (Å²) in [5, 5.41) is 0. The number of hydrogen-bond acceptors (Lipinski definition) is 8. The number of hydrogen-bond donors (Lipinski definition) is 2. The number of methoxy groups -OCH3 is 2. The van der Waals surface area contributed by atoms with Gasteiger partial charge in [-0.25, -0.2) is 0 Å². The van der Waals surface area contributed by atoms with Gasteiger partial charge >= 0.3 is 0 Å². The molecule has 8 heteroatoms. The number of benzene rings is 2. The number of aromatic nitrogens is 3. The highest BCUT2D eigenvalue weighted by atomic mass is 16.5. The predicted octanol–water partition coefficient (Wildman–Crippen LogP) is 2.26. The van der Waals surface area contributed by atoms with E-state index in [0.717, 1.165) is 22.6 Å². The van der Waals surface area contributed by atoms with Crippen molar-refractivity contribution in [1.82, 2.24) is 15.0 Å². The van der Waals surface area contributed by atoms with E-state index in [2.05, 4.69) is 15.0 Å². The van der Waals surface area contributed by atoms with Gasteiger partial charge in [0.1, 0.15) is 11.5 Å². The minimum Gasteiger partial charge on any atom is -0.496 e. The molecule has 0 unspecified atom stereocenters. The molecule has 0 saturated carbocycles. The second-order valence-corrected chi connectivity index (χ2v) is 5.83. The van der Waals surface area contributed by atoms with Crippen LogP contribution in [-0.2, 0) is 13.1 Å². The second-order valence-electron chi connectivity index (χ2n) is 5.83. The van der Waals surface area contributed by atoms with Crippen molar-refractivity contribution in [1.29, 1.82) is 0 Å². The predicted molar refractivity (Wildman–Crippen MR) is 105 cm³/mol. The van der Waals surface area contributed by atoms with Crippen molar-refractivity contribution in [3.63, 3.8) is 0 Å². The summed E-state index contributed by atoms with van der Waals surface area (Å²) in [6.45, 7) is 0.982. The fourth-order valence-electron chi connectivity index (χ4n) is 2.81. The summed E-state index contributed by atoms with van der Waals surface area (Å²) < 4.78 is 10.9. The molecule has 4 N–H and O–H groups in total. The molecular weight excluding hydrogens is 344 g/mol. The van der Waals surface area contributed by atoms with Gasteiger partial charge in [0.2, 0.25) is 17.8 Å². The van der Waals surface area contributed by atoms with Crippen molar-refractivity contribution < 1.29 is 9.47 Å². The summed E-state index contributed by atoms with van der Waals surface area (Å²) in [5.41, 5.74) is 13.5. The highest BCUT2D eigenvalue weighted by Gasteiger charge is 2.17. The molecule has 0 aliphatic heterocycles. The molecule has 0 aliphatic rings. The van der Waals surface area contributed by atoms with E-state index >= 15 is 0 Å². The van der Waals surface area contributed by atoms with Crippen molar-refractivity contribution in [2.24, 2.45) is 0 Å². The first kappa shape index (κ1) is 18.2. The zero-order chi connectivity index (χ0) is 19.2. The van der Waals surface area contributed by atoms with E-state index in [1.807, 2.05) is 53.4 Å². The number of nitrogens with two attached hydrogens (primary N) is 2. The molecule has 1 aromatic heterocycles. The van der Waals surface area contributed by atoms with Gasteiger partial charge in [0.25, 0.3) is 0 Å².